The van der Waals surface area contributed by atoms with Crippen LogP contribution in [0.2, 0.25) is 5.02 Å². The number of ether oxygens (including phenoxy) is 1. The number of halogens is 1. The molecule has 0 saturated heterocycles. The summed E-state index contributed by atoms with van der Waals surface area (Å²) < 4.78 is 6.09. The second-order valence-corrected chi connectivity index (χ2v) is 9.82. The summed E-state index contributed by atoms with van der Waals surface area (Å²) in [5, 5.41) is 5.39. The average molecular weight is 510 g/mol. The van der Waals surface area contributed by atoms with Gasteiger partial charge in [0.25, 0.3) is 0 Å². The minimum absolute atomic E-state index is 0.0705. The molecule has 35 heavy (non-hydrogen) atoms. The summed E-state index contributed by atoms with van der Waals surface area (Å²) in [6.45, 7) is 6.86. The molecule has 1 atom stereocenters. The van der Waals surface area contributed by atoms with Gasteiger partial charge in [0.2, 0.25) is 5.91 Å². The lowest BCUT2D eigenvalue weighted by molar-refractivity contribution is -0.135. The van der Waals surface area contributed by atoms with E-state index in [1.807, 2.05) is 36.1 Å². The summed E-state index contributed by atoms with van der Waals surface area (Å²) >= 11 is 7.74. The number of rotatable bonds is 8. The van der Waals surface area contributed by atoms with E-state index >= 15 is 0 Å². The highest BCUT2D eigenvalue weighted by molar-refractivity contribution is 7.10. The summed E-state index contributed by atoms with van der Waals surface area (Å²) in [7, 11) is 0. The van der Waals surface area contributed by atoms with Gasteiger partial charge in [-0.2, -0.15) is 0 Å². The number of thiophene rings is 1. The van der Waals surface area contributed by atoms with Crippen molar-refractivity contribution in [2.75, 3.05) is 31.6 Å². The van der Waals surface area contributed by atoms with Gasteiger partial charge in [-0.3, -0.25) is 4.79 Å². The molecule has 0 bridgehead atoms. The second-order valence-electron chi connectivity index (χ2n) is 8.39. The highest BCUT2D eigenvalue weighted by atomic mass is 35.5. The Morgan fingerprint density at radius 3 is 2.80 bits per heavy atom. The number of urea groups is 1. The SMILES string of the molecule is C=CCN(CC(=O)N1CCc2sccc2[C@@H]1COc1ccc(C)cc1)C(=O)Nc1cccc(Cl)c1. The Balaban J connectivity index is 1.48. The van der Waals surface area contributed by atoms with Crippen molar-refractivity contribution in [2.45, 2.75) is 19.4 Å². The number of benzene rings is 2. The first-order valence-electron chi connectivity index (χ1n) is 11.4. The van der Waals surface area contributed by atoms with E-state index < -0.39 is 0 Å². The maximum Gasteiger partial charge on any atom is 0.322 e. The van der Waals surface area contributed by atoms with E-state index in [-0.39, 0.29) is 31.1 Å². The Morgan fingerprint density at radius 1 is 1.26 bits per heavy atom. The standard InChI is InChI=1S/C27H28ClN3O3S/c1-3-13-30(27(33)29-21-6-4-5-20(28)16-21)17-26(32)31-14-11-25-23(12-15-35-25)24(31)18-34-22-9-7-19(2)8-10-22/h3-10,12,15-16,24H,1,11,13-14,17-18H2,2H3,(H,29,33)/t24-/m0/s1. The molecule has 0 fully saturated rings. The van der Waals surface area contributed by atoms with Crippen LogP contribution in [-0.4, -0.2) is 48.0 Å². The molecule has 3 amide bonds. The van der Waals surface area contributed by atoms with Crippen LogP contribution in [0.25, 0.3) is 0 Å². The summed E-state index contributed by atoms with van der Waals surface area (Å²) in [4.78, 5) is 31.0. The largest absolute Gasteiger partial charge is 0.491 e. The molecule has 2 heterocycles. The van der Waals surface area contributed by atoms with Gasteiger partial charge in [-0.05, 0) is 60.7 Å². The van der Waals surface area contributed by atoms with Crippen LogP contribution in [0.5, 0.6) is 5.75 Å². The maximum absolute atomic E-state index is 13.5. The first-order chi connectivity index (χ1) is 16.9. The van der Waals surface area contributed by atoms with Gasteiger partial charge in [0, 0.05) is 28.7 Å². The van der Waals surface area contributed by atoms with Gasteiger partial charge in [-0.15, -0.1) is 17.9 Å². The summed E-state index contributed by atoms with van der Waals surface area (Å²) in [6.07, 6.45) is 2.39. The molecule has 3 aromatic rings. The van der Waals surface area contributed by atoms with E-state index in [0.717, 1.165) is 23.3 Å². The number of aryl methyl sites for hydroxylation is 1. The number of hydrogen-bond acceptors (Lipinski definition) is 4. The molecule has 4 rings (SSSR count). The zero-order chi connectivity index (χ0) is 24.8. The van der Waals surface area contributed by atoms with Gasteiger partial charge in [-0.1, -0.05) is 41.4 Å². The molecule has 8 heteroatoms. The van der Waals surface area contributed by atoms with Crippen molar-refractivity contribution in [3.63, 3.8) is 0 Å². The fourth-order valence-electron chi connectivity index (χ4n) is 4.08. The van der Waals surface area contributed by atoms with Gasteiger partial charge in [0.15, 0.2) is 0 Å². The third-order valence-electron chi connectivity index (χ3n) is 5.88. The van der Waals surface area contributed by atoms with Crippen LogP contribution in [0.4, 0.5) is 10.5 Å². The zero-order valence-electron chi connectivity index (χ0n) is 19.6. The molecule has 0 aliphatic carbocycles. The molecule has 0 saturated carbocycles. The minimum Gasteiger partial charge on any atom is -0.491 e. The van der Waals surface area contributed by atoms with Gasteiger partial charge < -0.3 is 19.9 Å². The Labute approximate surface area is 214 Å². The van der Waals surface area contributed by atoms with Gasteiger partial charge >= 0.3 is 6.03 Å². The Hall–Kier alpha value is -3.29. The Bertz CT molecular complexity index is 1190. The molecule has 0 spiro atoms. The van der Waals surface area contributed by atoms with Crippen LogP contribution in [0.3, 0.4) is 0 Å². The fraction of sp³-hybridized carbons (Fsp3) is 0.259. The highest BCUT2D eigenvalue weighted by Crippen LogP contribution is 2.34. The predicted molar refractivity (Wildman–Crippen MR) is 141 cm³/mol. The average Bonchev–Trinajstić information content (AvgIpc) is 3.32. The normalized spacial score (nSPS) is 14.7. The first kappa shape index (κ1) is 24.8. The third-order valence-corrected chi connectivity index (χ3v) is 7.11. The molecule has 182 valence electrons. The van der Waals surface area contributed by atoms with Crippen molar-refractivity contribution in [1.29, 1.82) is 0 Å². The van der Waals surface area contributed by atoms with E-state index in [2.05, 4.69) is 23.3 Å². The summed E-state index contributed by atoms with van der Waals surface area (Å²) in [5.74, 6) is 0.627. The maximum atomic E-state index is 13.5. The molecule has 2 aromatic carbocycles. The summed E-state index contributed by atoms with van der Waals surface area (Å²) in [5.41, 5.74) is 2.83. The van der Waals surface area contributed by atoms with E-state index in [4.69, 9.17) is 16.3 Å². The van der Waals surface area contributed by atoms with E-state index in [1.54, 1.807) is 41.7 Å². The number of carbonyl (C=O) groups is 2. The minimum atomic E-state index is -0.388. The van der Waals surface area contributed by atoms with Crippen LogP contribution >= 0.6 is 22.9 Å². The fourth-order valence-corrected chi connectivity index (χ4v) is 5.20. The zero-order valence-corrected chi connectivity index (χ0v) is 21.1. The van der Waals surface area contributed by atoms with Crippen molar-refractivity contribution in [3.05, 3.63) is 93.7 Å². The van der Waals surface area contributed by atoms with Crippen LogP contribution < -0.4 is 10.1 Å². The lowest BCUT2D eigenvalue weighted by Gasteiger charge is -2.37. The third kappa shape index (κ3) is 6.24. The number of carbonyl (C=O) groups excluding carboxylic acids is 2. The molecule has 1 aliphatic heterocycles. The number of hydrogen-bond donors (Lipinski definition) is 1. The lowest BCUT2D eigenvalue weighted by atomic mass is 10.0. The number of nitrogens with zero attached hydrogens (tertiary/aromatic N) is 2. The van der Waals surface area contributed by atoms with Crippen LogP contribution in [0.15, 0.2) is 72.6 Å². The van der Waals surface area contributed by atoms with Crippen LogP contribution in [-0.2, 0) is 11.2 Å². The second kappa shape index (κ2) is 11.4. The van der Waals surface area contributed by atoms with Crippen molar-refractivity contribution >= 4 is 40.6 Å². The van der Waals surface area contributed by atoms with Gasteiger partial charge in [0.1, 0.15) is 18.9 Å². The highest BCUT2D eigenvalue weighted by Gasteiger charge is 2.33. The predicted octanol–water partition coefficient (Wildman–Crippen LogP) is 5.93. The van der Waals surface area contributed by atoms with E-state index in [1.165, 1.54) is 9.78 Å². The topological polar surface area (TPSA) is 61.9 Å². The van der Waals surface area contributed by atoms with Gasteiger partial charge in [0.05, 0.1) is 6.04 Å². The smallest absolute Gasteiger partial charge is 0.322 e. The van der Waals surface area contributed by atoms with Crippen molar-refractivity contribution < 1.29 is 14.3 Å². The summed E-state index contributed by atoms with van der Waals surface area (Å²) in [6, 6.07) is 16.2. The number of nitrogens with one attached hydrogen (secondary N) is 1. The van der Waals surface area contributed by atoms with Crippen LogP contribution in [0.1, 0.15) is 22.0 Å². The van der Waals surface area contributed by atoms with E-state index in [0.29, 0.717) is 23.9 Å². The van der Waals surface area contributed by atoms with Crippen molar-refractivity contribution in [3.8, 4) is 5.75 Å². The number of fused-ring (bicyclic) bond motifs is 1. The quantitative estimate of drug-likeness (QED) is 0.382. The first-order valence-corrected chi connectivity index (χ1v) is 12.7. The molecular formula is C27H28ClN3O3S. The molecule has 0 radical (unpaired) electrons. The molecule has 1 aliphatic rings. The monoisotopic (exact) mass is 509 g/mol. The molecular weight excluding hydrogens is 482 g/mol. The van der Waals surface area contributed by atoms with Crippen molar-refractivity contribution in [1.82, 2.24) is 9.80 Å². The Kier molecular flexibility index (Phi) is 8.10. The van der Waals surface area contributed by atoms with Crippen LogP contribution in [0, 0.1) is 6.92 Å². The number of anilines is 1. The van der Waals surface area contributed by atoms with Gasteiger partial charge in [-0.25, -0.2) is 4.79 Å². The molecule has 0 unspecified atom stereocenters. The molecule has 6 nitrogen and oxygen atoms in total. The Morgan fingerprint density at radius 2 is 2.06 bits per heavy atom. The number of amides is 3. The molecule has 1 N–H and O–H groups in total. The van der Waals surface area contributed by atoms with Crippen molar-refractivity contribution in [2.24, 2.45) is 0 Å². The lowest BCUT2D eigenvalue weighted by Crippen LogP contribution is -2.48. The molecule has 1 aromatic heterocycles. The van der Waals surface area contributed by atoms with E-state index in [9.17, 15) is 9.59 Å².